The largest absolute Gasteiger partial charge is 0.480 e. The molecule has 0 saturated heterocycles. The number of aliphatic carboxylic acids is 1. The van der Waals surface area contributed by atoms with E-state index >= 15 is 0 Å². The van der Waals surface area contributed by atoms with E-state index in [1.165, 1.54) is 16.0 Å². The molecule has 2 aromatic rings. The van der Waals surface area contributed by atoms with E-state index in [0.717, 1.165) is 43.2 Å². The van der Waals surface area contributed by atoms with Gasteiger partial charge in [0.1, 0.15) is 12.6 Å². The third kappa shape index (κ3) is 4.64. The van der Waals surface area contributed by atoms with Crippen molar-refractivity contribution in [2.45, 2.75) is 57.0 Å². The smallest absolute Gasteiger partial charge is 0.407 e. The second-order valence-corrected chi connectivity index (χ2v) is 9.99. The lowest BCUT2D eigenvalue weighted by molar-refractivity contribution is -0.153. The Balaban J connectivity index is 1.23. The number of fused-ring (bicyclic) bond motifs is 3. The molecule has 0 bridgehead atoms. The van der Waals surface area contributed by atoms with Gasteiger partial charge < -0.3 is 20.1 Å². The molecule has 7 heteroatoms. The number of amides is 2. The van der Waals surface area contributed by atoms with Crippen LogP contribution >= 0.6 is 0 Å². The highest BCUT2D eigenvalue weighted by Gasteiger charge is 2.44. The van der Waals surface area contributed by atoms with E-state index in [9.17, 15) is 19.5 Å². The molecule has 5 rings (SSSR count). The Labute approximate surface area is 205 Å². The molecule has 2 unspecified atom stereocenters. The first kappa shape index (κ1) is 23.4. The van der Waals surface area contributed by atoms with Crippen LogP contribution in [0.15, 0.2) is 48.5 Å². The van der Waals surface area contributed by atoms with Crippen LogP contribution in [0, 0.1) is 11.8 Å². The minimum absolute atomic E-state index is 0.00867. The summed E-state index contributed by atoms with van der Waals surface area (Å²) >= 11 is 0. The lowest BCUT2D eigenvalue weighted by Crippen LogP contribution is -2.52. The molecule has 3 aliphatic rings. The van der Waals surface area contributed by atoms with Gasteiger partial charge in [-0.15, -0.1) is 0 Å². The van der Waals surface area contributed by atoms with Gasteiger partial charge in [0.05, 0.1) is 5.92 Å². The van der Waals surface area contributed by atoms with Gasteiger partial charge in [0.15, 0.2) is 0 Å². The van der Waals surface area contributed by atoms with Crippen molar-refractivity contribution in [3.63, 3.8) is 0 Å². The highest BCUT2D eigenvalue weighted by Crippen LogP contribution is 2.44. The Bertz CT molecular complexity index is 1080. The molecule has 0 aromatic heterocycles. The molecule has 0 radical (unpaired) electrons. The molecule has 7 nitrogen and oxygen atoms in total. The number of hydrogen-bond donors (Lipinski definition) is 2. The predicted octanol–water partition coefficient (Wildman–Crippen LogP) is 4.41. The van der Waals surface area contributed by atoms with Gasteiger partial charge >= 0.3 is 12.1 Å². The monoisotopic (exact) mass is 476 g/mol. The minimum Gasteiger partial charge on any atom is -0.480 e. The highest BCUT2D eigenvalue weighted by molar-refractivity contribution is 5.86. The van der Waals surface area contributed by atoms with Crippen LogP contribution in [0.3, 0.4) is 0 Å². The Morgan fingerprint density at radius 2 is 1.60 bits per heavy atom. The normalized spacial score (nSPS) is 18.5. The molecule has 3 aliphatic carbocycles. The van der Waals surface area contributed by atoms with Crippen molar-refractivity contribution in [1.82, 2.24) is 10.2 Å². The van der Waals surface area contributed by atoms with Gasteiger partial charge in [-0.25, -0.2) is 9.59 Å². The molecule has 2 fully saturated rings. The van der Waals surface area contributed by atoms with E-state index in [2.05, 4.69) is 29.6 Å². The van der Waals surface area contributed by atoms with Crippen molar-refractivity contribution in [3.05, 3.63) is 59.7 Å². The lowest BCUT2D eigenvalue weighted by atomic mass is 9.75. The molecule has 2 saturated carbocycles. The molecule has 2 amide bonds. The fourth-order valence-electron chi connectivity index (χ4n) is 5.49. The number of carbonyl (C=O) groups excluding carboxylic acids is 2. The van der Waals surface area contributed by atoms with Crippen LogP contribution < -0.4 is 5.32 Å². The van der Waals surface area contributed by atoms with Gasteiger partial charge in [-0.2, -0.15) is 0 Å². The van der Waals surface area contributed by atoms with E-state index in [0.29, 0.717) is 0 Å². The summed E-state index contributed by atoms with van der Waals surface area (Å²) in [6, 6.07) is 15.5. The van der Waals surface area contributed by atoms with Crippen LogP contribution in [0.4, 0.5) is 4.79 Å². The number of benzene rings is 2. The molecule has 35 heavy (non-hydrogen) atoms. The Morgan fingerprint density at radius 3 is 2.11 bits per heavy atom. The Hall–Kier alpha value is -3.35. The zero-order valence-electron chi connectivity index (χ0n) is 20.0. The summed E-state index contributed by atoms with van der Waals surface area (Å²) in [5, 5.41) is 12.3. The SMILES string of the molecule is CC(C(=O)O)N(C(=O)C(CNC(=O)OCC1c2ccccc2-c2ccccc21)C1CCC1)C1CC1. The third-order valence-corrected chi connectivity index (χ3v) is 7.82. The molecule has 184 valence electrons. The van der Waals surface area contributed by atoms with E-state index in [-0.39, 0.29) is 36.9 Å². The average Bonchev–Trinajstić information content (AvgIpc) is 3.61. The van der Waals surface area contributed by atoms with Crippen LogP contribution in [0.5, 0.6) is 0 Å². The van der Waals surface area contributed by atoms with Crippen molar-refractivity contribution in [2.24, 2.45) is 11.8 Å². The fourth-order valence-corrected chi connectivity index (χ4v) is 5.49. The number of hydrogen-bond acceptors (Lipinski definition) is 4. The summed E-state index contributed by atoms with van der Waals surface area (Å²) in [6.45, 7) is 1.94. The van der Waals surface area contributed by atoms with Gasteiger partial charge in [-0.1, -0.05) is 55.0 Å². The van der Waals surface area contributed by atoms with Crippen molar-refractivity contribution in [3.8, 4) is 11.1 Å². The van der Waals surface area contributed by atoms with Gasteiger partial charge in [0.25, 0.3) is 0 Å². The van der Waals surface area contributed by atoms with Crippen LogP contribution in [-0.2, 0) is 14.3 Å². The minimum atomic E-state index is -0.998. The maximum absolute atomic E-state index is 13.4. The van der Waals surface area contributed by atoms with Crippen molar-refractivity contribution < 1.29 is 24.2 Å². The van der Waals surface area contributed by atoms with Gasteiger partial charge in [0, 0.05) is 18.5 Å². The molecule has 0 heterocycles. The van der Waals surface area contributed by atoms with Crippen molar-refractivity contribution >= 4 is 18.0 Å². The second kappa shape index (κ2) is 9.72. The van der Waals surface area contributed by atoms with E-state index in [1.54, 1.807) is 6.92 Å². The Kier molecular flexibility index (Phi) is 6.50. The van der Waals surface area contributed by atoms with Crippen LogP contribution in [0.1, 0.15) is 56.1 Å². The average molecular weight is 477 g/mol. The summed E-state index contributed by atoms with van der Waals surface area (Å²) in [5.41, 5.74) is 4.62. The Morgan fingerprint density at radius 1 is 1.00 bits per heavy atom. The summed E-state index contributed by atoms with van der Waals surface area (Å²) < 4.78 is 5.64. The van der Waals surface area contributed by atoms with Crippen LogP contribution in [0.25, 0.3) is 11.1 Å². The predicted molar refractivity (Wildman–Crippen MR) is 131 cm³/mol. The van der Waals surface area contributed by atoms with Gasteiger partial charge in [0.2, 0.25) is 5.91 Å². The number of carbonyl (C=O) groups is 3. The maximum Gasteiger partial charge on any atom is 0.407 e. The maximum atomic E-state index is 13.4. The fraction of sp³-hybridized carbons (Fsp3) is 0.464. The van der Waals surface area contributed by atoms with Gasteiger partial charge in [-0.05, 0) is 60.8 Å². The molecule has 2 N–H and O–H groups in total. The first-order valence-corrected chi connectivity index (χ1v) is 12.6. The zero-order chi connectivity index (χ0) is 24.5. The van der Waals surface area contributed by atoms with Crippen molar-refractivity contribution in [1.29, 1.82) is 0 Å². The summed E-state index contributed by atoms with van der Waals surface area (Å²) in [5.74, 6) is -1.45. The molecule has 0 aliphatic heterocycles. The molecular formula is C28H32N2O5. The standard InChI is InChI=1S/C28H32N2O5/c1-17(27(32)33)30(19-13-14-19)26(31)24(18-7-6-8-18)15-29-28(34)35-16-25-22-11-4-2-9-20(22)21-10-3-5-12-23(21)25/h2-5,9-12,17-19,24-25H,6-8,13-16H2,1H3,(H,29,34)(H,32,33). The molecule has 0 spiro atoms. The highest BCUT2D eigenvalue weighted by atomic mass is 16.5. The van der Waals surface area contributed by atoms with Gasteiger partial charge in [-0.3, -0.25) is 4.79 Å². The number of rotatable bonds is 9. The summed E-state index contributed by atoms with van der Waals surface area (Å²) in [7, 11) is 0. The summed E-state index contributed by atoms with van der Waals surface area (Å²) in [6.07, 6.45) is 4.01. The van der Waals surface area contributed by atoms with Crippen LogP contribution in [-0.4, -0.2) is 53.2 Å². The number of ether oxygens (including phenoxy) is 1. The number of nitrogens with one attached hydrogen (secondary N) is 1. The second-order valence-electron chi connectivity index (χ2n) is 9.99. The molecule has 2 aromatic carbocycles. The number of alkyl carbamates (subject to hydrolysis) is 1. The van der Waals surface area contributed by atoms with E-state index < -0.39 is 24.0 Å². The lowest BCUT2D eigenvalue weighted by Gasteiger charge is -2.37. The van der Waals surface area contributed by atoms with Crippen molar-refractivity contribution in [2.75, 3.05) is 13.2 Å². The van der Waals surface area contributed by atoms with Crippen LogP contribution in [0.2, 0.25) is 0 Å². The quantitative estimate of drug-likeness (QED) is 0.559. The number of nitrogens with zero attached hydrogens (tertiary/aromatic N) is 1. The third-order valence-electron chi connectivity index (χ3n) is 7.82. The number of carboxylic acids is 1. The molecular weight excluding hydrogens is 444 g/mol. The first-order chi connectivity index (χ1) is 17.0. The first-order valence-electron chi connectivity index (χ1n) is 12.6. The van der Waals surface area contributed by atoms with E-state index in [1.807, 2.05) is 24.3 Å². The van der Waals surface area contributed by atoms with E-state index in [4.69, 9.17) is 4.74 Å². The molecule has 2 atom stereocenters. The summed E-state index contributed by atoms with van der Waals surface area (Å²) in [4.78, 5) is 39.3. The zero-order valence-corrected chi connectivity index (χ0v) is 20.0. The topological polar surface area (TPSA) is 95.9 Å². The number of carboxylic acid groups (broad SMARTS) is 1.